The highest BCUT2D eigenvalue weighted by atomic mass is 19.4. The first-order valence-electron chi connectivity index (χ1n) is 3.34. The predicted octanol–water partition coefficient (Wildman–Crippen LogP) is 3.67. The number of hydrogen-bond acceptors (Lipinski definition) is 0. The second-order valence-electron chi connectivity index (χ2n) is 2.44. The summed E-state index contributed by atoms with van der Waals surface area (Å²) >= 11 is 0. The van der Waals surface area contributed by atoms with Gasteiger partial charge in [0.15, 0.2) is 0 Å². The average molecular weight is 194 g/mol. The molecule has 0 radical (unpaired) electrons. The molecule has 0 saturated carbocycles. The third kappa shape index (κ3) is 9.58. The van der Waals surface area contributed by atoms with Crippen molar-refractivity contribution in [1.29, 1.82) is 0 Å². The summed E-state index contributed by atoms with van der Waals surface area (Å²) in [5.41, 5.74) is 0. The molecule has 0 bridgehead atoms. The normalized spacial score (nSPS) is 13.5. The van der Waals surface area contributed by atoms with Gasteiger partial charge < -0.3 is 0 Å². The van der Waals surface area contributed by atoms with Gasteiger partial charge >= 0.3 is 12.4 Å². The lowest BCUT2D eigenvalue weighted by molar-refractivity contribution is -0.147. The Kier molecular flexibility index (Phi) is 3.86. The minimum Gasteiger partial charge on any atom is -0.171 e. The van der Waals surface area contributed by atoms with Crippen molar-refractivity contribution in [2.45, 2.75) is 38.0 Å². The number of unbranched alkanes of at least 4 members (excludes halogenated alkanes) is 1. The van der Waals surface area contributed by atoms with Crippen LogP contribution in [0.1, 0.15) is 25.7 Å². The fourth-order valence-electron chi connectivity index (χ4n) is 0.651. The highest BCUT2D eigenvalue weighted by molar-refractivity contribution is 4.55. The van der Waals surface area contributed by atoms with Crippen LogP contribution in [0.4, 0.5) is 26.3 Å². The van der Waals surface area contributed by atoms with Crippen molar-refractivity contribution in [3.05, 3.63) is 0 Å². The van der Waals surface area contributed by atoms with E-state index in [1.165, 1.54) is 0 Å². The highest BCUT2D eigenvalue weighted by Crippen LogP contribution is 2.26. The minimum atomic E-state index is -4.34. The third-order valence-corrected chi connectivity index (χ3v) is 1.17. The number of rotatable bonds is 3. The number of halogens is 6. The zero-order chi connectivity index (χ0) is 9.83. The second-order valence-corrected chi connectivity index (χ2v) is 2.44. The summed E-state index contributed by atoms with van der Waals surface area (Å²) in [5, 5.41) is 0. The Morgan fingerprint density at radius 1 is 0.583 bits per heavy atom. The van der Waals surface area contributed by atoms with Crippen LogP contribution in [-0.4, -0.2) is 12.4 Å². The van der Waals surface area contributed by atoms with Crippen molar-refractivity contribution in [3.8, 4) is 0 Å². The molecule has 0 aromatic rings. The van der Waals surface area contributed by atoms with Crippen LogP contribution in [0.5, 0.6) is 0 Å². The monoisotopic (exact) mass is 194 g/mol. The van der Waals surface area contributed by atoms with Gasteiger partial charge in [0.25, 0.3) is 0 Å². The molecular formula is C6H8F6. The van der Waals surface area contributed by atoms with Gasteiger partial charge in [0, 0.05) is 12.8 Å². The molecule has 0 unspecified atom stereocenters. The Hall–Kier alpha value is -0.420. The molecule has 6 heteroatoms. The van der Waals surface area contributed by atoms with Gasteiger partial charge in [0.2, 0.25) is 0 Å². The van der Waals surface area contributed by atoms with Gasteiger partial charge in [-0.3, -0.25) is 0 Å². The van der Waals surface area contributed by atoms with Gasteiger partial charge in [-0.1, -0.05) is 0 Å². The van der Waals surface area contributed by atoms with Crippen LogP contribution in [0.25, 0.3) is 0 Å². The van der Waals surface area contributed by atoms with Gasteiger partial charge in [-0.15, -0.1) is 0 Å². The maximum absolute atomic E-state index is 11.4. The van der Waals surface area contributed by atoms with E-state index in [9.17, 15) is 26.3 Å². The van der Waals surface area contributed by atoms with Crippen molar-refractivity contribution in [3.63, 3.8) is 0 Å². The van der Waals surface area contributed by atoms with Crippen LogP contribution >= 0.6 is 0 Å². The molecule has 0 saturated heterocycles. The molecule has 0 aliphatic rings. The van der Waals surface area contributed by atoms with Crippen molar-refractivity contribution < 1.29 is 26.3 Å². The fourth-order valence-corrected chi connectivity index (χ4v) is 0.651. The summed E-state index contributed by atoms with van der Waals surface area (Å²) in [6.45, 7) is 0. The lowest BCUT2D eigenvalue weighted by Gasteiger charge is -2.07. The zero-order valence-electron chi connectivity index (χ0n) is 6.10. The smallest absolute Gasteiger partial charge is 0.171 e. The van der Waals surface area contributed by atoms with E-state index < -0.39 is 38.0 Å². The minimum absolute atomic E-state index is 0.455. The van der Waals surface area contributed by atoms with Gasteiger partial charge in [-0.05, 0) is 12.8 Å². The SMILES string of the molecule is FC(F)(F)CCCCC(F)(F)F. The van der Waals surface area contributed by atoms with E-state index in [2.05, 4.69) is 0 Å². The van der Waals surface area contributed by atoms with Crippen LogP contribution in [0, 0.1) is 0 Å². The molecule has 0 aliphatic heterocycles. The molecule has 0 spiro atoms. The molecule has 12 heavy (non-hydrogen) atoms. The number of alkyl halides is 6. The lowest BCUT2D eigenvalue weighted by Crippen LogP contribution is -2.09. The standard InChI is InChI=1S/C6H8F6/c7-5(8,9)3-1-2-4-6(10,11)12/h1-4H2. The maximum atomic E-state index is 11.4. The van der Waals surface area contributed by atoms with E-state index in [0.717, 1.165) is 0 Å². The zero-order valence-corrected chi connectivity index (χ0v) is 6.10. The third-order valence-electron chi connectivity index (χ3n) is 1.17. The van der Waals surface area contributed by atoms with Crippen molar-refractivity contribution in [1.82, 2.24) is 0 Å². The van der Waals surface area contributed by atoms with Crippen molar-refractivity contribution >= 4 is 0 Å². The van der Waals surface area contributed by atoms with E-state index in [4.69, 9.17) is 0 Å². The first-order chi connectivity index (χ1) is 5.21. The summed E-state index contributed by atoms with van der Waals surface area (Å²) in [7, 11) is 0. The van der Waals surface area contributed by atoms with E-state index in [1.54, 1.807) is 0 Å². The fraction of sp³-hybridized carbons (Fsp3) is 1.00. The maximum Gasteiger partial charge on any atom is 0.389 e. The van der Waals surface area contributed by atoms with Crippen LogP contribution in [0.2, 0.25) is 0 Å². The second kappa shape index (κ2) is 4.00. The average Bonchev–Trinajstić information content (AvgIpc) is 1.76. The lowest BCUT2D eigenvalue weighted by atomic mass is 10.2. The van der Waals surface area contributed by atoms with Crippen molar-refractivity contribution in [2.75, 3.05) is 0 Å². The topological polar surface area (TPSA) is 0 Å². The molecule has 0 N–H and O–H groups in total. The van der Waals surface area contributed by atoms with Gasteiger partial charge in [0.05, 0.1) is 0 Å². The Morgan fingerprint density at radius 2 is 0.833 bits per heavy atom. The quantitative estimate of drug-likeness (QED) is 0.475. The van der Waals surface area contributed by atoms with Crippen LogP contribution in [0.15, 0.2) is 0 Å². The molecule has 0 heterocycles. The molecular weight excluding hydrogens is 186 g/mol. The molecule has 0 aromatic carbocycles. The Labute approximate surface area is 65.6 Å². The van der Waals surface area contributed by atoms with E-state index in [-0.39, 0.29) is 0 Å². The predicted molar refractivity (Wildman–Crippen MR) is 30.6 cm³/mol. The summed E-state index contributed by atoms with van der Waals surface area (Å²) in [4.78, 5) is 0. The first-order valence-corrected chi connectivity index (χ1v) is 3.34. The summed E-state index contributed by atoms with van der Waals surface area (Å²) < 4.78 is 68.4. The molecule has 0 rings (SSSR count). The highest BCUT2D eigenvalue weighted by Gasteiger charge is 2.29. The summed E-state index contributed by atoms with van der Waals surface area (Å²) in [5.74, 6) is 0. The molecule has 0 amide bonds. The van der Waals surface area contributed by atoms with Crippen LogP contribution < -0.4 is 0 Å². The number of hydrogen-bond donors (Lipinski definition) is 0. The Bertz CT molecular complexity index is 105. The summed E-state index contributed by atoms with van der Waals surface area (Å²) in [6, 6.07) is 0. The largest absolute Gasteiger partial charge is 0.389 e. The van der Waals surface area contributed by atoms with Gasteiger partial charge in [0.1, 0.15) is 0 Å². The van der Waals surface area contributed by atoms with E-state index >= 15 is 0 Å². The molecule has 0 fully saturated rings. The van der Waals surface area contributed by atoms with Gasteiger partial charge in [-0.2, -0.15) is 26.3 Å². The molecule has 0 aliphatic carbocycles. The van der Waals surface area contributed by atoms with Crippen molar-refractivity contribution in [2.24, 2.45) is 0 Å². The Morgan fingerprint density at radius 3 is 1.00 bits per heavy atom. The summed E-state index contributed by atoms with van der Waals surface area (Å²) in [6.07, 6.45) is -11.9. The van der Waals surface area contributed by atoms with Crippen LogP contribution in [-0.2, 0) is 0 Å². The first kappa shape index (κ1) is 11.6. The molecule has 0 aromatic heterocycles. The van der Waals surface area contributed by atoms with Gasteiger partial charge in [-0.25, -0.2) is 0 Å². The molecule has 0 nitrogen and oxygen atoms in total. The molecule has 0 atom stereocenters. The van der Waals surface area contributed by atoms with E-state index in [0.29, 0.717) is 0 Å². The van der Waals surface area contributed by atoms with Crippen LogP contribution in [0.3, 0.4) is 0 Å². The molecule has 74 valence electrons. The Balaban J connectivity index is 3.35. The van der Waals surface area contributed by atoms with E-state index in [1.807, 2.05) is 0 Å².